The Morgan fingerprint density at radius 2 is 1.75 bits per heavy atom. The van der Waals surface area contributed by atoms with Crippen molar-refractivity contribution >= 4 is 35.8 Å². The molecule has 3 N–H and O–H groups in total. The number of carbonyl (C=O) groups is 1. The molecule has 9 heteroatoms. The normalized spacial score (nSPS) is 17.1. The fourth-order valence-corrected chi connectivity index (χ4v) is 1.81. The first-order chi connectivity index (χ1) is 8.88. The van der Waals surface area contributed by atoms with Crippen LogP contribution in [0.3, 0.4) is 0 Å². The number of aliphatic imine (C=N–C) groups is 1. The molecule has 118 valence electrons. The summed E-state index contributed by atoms with van der Waals surface area (Å²) in [5, 5.41) is 1.75. The van der Waals surface area contributed by atoms with Crippen LogP contribution in [0.5, 0.6) is 0 Å². The van der Waals surface area contributed by atoms with Gasteiger partial charge in [0.05, 0.1) is 0 Å². The van der Waals surface area contributed by atoms with Crippen molar-refractivity contribution in [3.05, 3.63) is 0 Å². The average Bonchev–Trinajstić information content (AvgIpc) is 2.61. The largest absolute Gasteiger partial charge is 0.405 e. The molecule has 5 nitrogen and oxygen atoms in total. The molecule has 20 heavy (non-hydrogen) atoms. The van der Waals surface area contributed by atoms with E-state index in [4.69, 9.17) is 5.73 Å². The number of amides is 1. The molecule has 0 aliphatic carbocycles. The van der Waals surface area contributed by atoms with E-state index < -0.39 is 18.6 Å². The van der Waals surface area contributed by atoms with E-state index >= 15 is 0 Å². The van der Waals surface area contributed by atoms with Crippen LogP contribution in [0.4, 0.5) is 13.2 Å². The molecule has 1 aliphatic rings. The third-order valence-electron chi connectivity index (χ3n) is 2.80. The van der Waals surface area contributed by atoms with Crippen LogP contribution in [0, 0.1) is 0 Å². The summed E-state index contributed by atoms with van der Waals surface area (Å²) in [5.41, 5.74) is 5.72. The molecule has 0 aromatic heterocycles. The van der Waals surface area contributed by atoms with Gasteiger partial charge in [-0.2, -0.15) is 13.2 Å². The second kappa shape index (κ2) is 9.24. The van der Waals surface area contributed by atoms with E-state index in [1.165, 1.54) is 0 Å². The van der Waals surface area contributed by atoms with E-state index in [1.54, 1.807) is 5.32 Å². The highest BCUT2D eigenvalue weighted by Gasteiger charge is 2.27. The SMILES string of the molecule is I.NC(=NCC(=O)NCC(F)(F)F)N1CCCCCC1. The van der Waals surface area contributed by atoms with Gasteiger partial charge in [-0.15, -0.1) is 24.0 Å². The van der Waals surface area contributed by atoms with Crippen LogP contribution in [0.1, 0.15) is 25.7 Å². The van der Waals surface area contributed by atoms with Gasteiger partial charge in [-0.05, 0) is 12.8 Å². The molecule has 1 aliphatic heterocycles. The lowest BCUT2D eigenvalue weighted by Crippen LogP contribution is -2.40. The highest BCUT2D eigenvalue weighted by Crippen LogP contribution is 2.12. The number of nitrogens with zero attached hydrogens (tertiary/aromatic N) is 2. The third-order valence-corrected chi connectivity index (χ3v) is 2.80. The summed E-state index contributed by atoms with van der Waals surface area (Å²) < 4.78 is 35.6. The number of likely N-dealkylation sites (tertiary alicyclic amines) is 1. The van der Waals surface area contributed by atoms with Crippen LogP contribution >= 0.6 is 24.0 Å². The van der Waals surface area contributed by atoms with Crippen molar-refractivity contribution < 1.29 is 18.0 Å². The van der Waals surface area contributed by atoms with Crippen LogP contribution in [0.25, 0.3) is 0 Å². The van der Waals surface area contributed by atoms with Crippen molar-refractivity contribution in [3.63, 3.8) is 0 Å². The van der Waals surface area contributed by atoms with Crippen LogP contribution in [0.2, 0.25) is 0 Å². The molecule has 1 heterocycles. The molecule has 0 radical (unpaired) electrons. The standard InChI is InChI=1S/C11H19F3N4O.HI/c12-11(13,14)8-17-9(19)7-16-10(15)18-5-3-1-2-4-6-18;/h1-8H2,(H2,15,16)(H,17,19);1H. The van der Waals surface area contributed by atoms with E-state index in [1.807, 2.05) is 4.90 Å². The summed E-state index contributed by atoms with van der Waals surface area (Å²) in [6.45, 7) is -0.164. The van der Waals surface area contributed by atoms with Crippen LogP contribution in [0.15, 0.2) is 4.99 Å². The van der Waals surface area contributed by atoms with Crippen molar-refractivity contribution in [1.82, 2.24) is 10.2 Å². The minimum Gasteiger partial charge on any atom is -0.370 e. The lowest BCUT2D eigenvalue weighted by Gasteiger charge is -2.20. The average molecular weight is 408 g/mol. The summed E-state index contributed by atoms with van der Waals surface area (Å²) >= 11 is 0. The molecule has 0 atom stereocenters. The zero-order valence-corrected chi connectivity index (χ0v) is 13.4. The van der Waals surface area contributed by atoms with Gasteiger partial charge in [-0.25, -0.2) is 4.99 Å². The molecule has 1 saturated heterocycles. The van der Waals surface area contributed by atoms with Gasteiger partial charge >= 0.3 is 6.18 Å². The van der Waals surface area contributed by atoms with Crippen LogP contribution in [-0.4, -0.2) is 49.1 Å². The first kappa shape index (κ1) is 19.3. The molecule has 0 bridgehead atoms. The van der Waals surface area contributed by atoms with Gasteiger partial charge in [-0.1, -0.05) is 12.8 Å². The highest BCUT2D eigenvalue weighted by molar-refractivity contribution is 14.0. The van der Waals surface area contributed by atoms with Gasteiger partial charge in [0, 0.05) is 13.1 Å². The minimum absolute atomic E-state index is 0. The van der Waals surface area contributed by atoms with Gasteiger partial charge in [0.15, 0.2) is 5.96 Å². The maximum atomic E-state index is 11.9. The van der Waals surface area contributed by atoms with Crippen LogP contribution < -0.4 is 11.1 Å². The molecule has 0 unspecified atom stereocenters. The Hall–Kier alpha value is -0.740. The summed E-state index contributed by atoms with van der Waals surface area (Å²) in [5.74, 6) is -0.556. The van der Waals surface area contributed by atoms with E-state index in [9.17, 15) is 18.0 Å². The zero-order chi connectivity index (χ0) is 14.3. The number of alkyl halides is 3. The van der Waals surface area contributed by atoms with Crippen molar-refractivity contribution in [2.24, 2.45) is 10.7 Å². The molecular weight excluding hydrogens is 388 g/mol. The number of nitrogens with one attached hydrogen (secondary N) is 1. The van der Waals surface area contributed by atoms with E-state index in [0.29, 0.717) is 0 Å². The minimum atomic E-state index is -4.41. The number of halogens is 4. The number of hydrogen-bond donors (Lipinski definition) is 2. The molecule has 1 fully saturated rings. The molecular formula is C11H20F3IN4O. The predicted octanol–water partition coefficient (Wildman–Crippen LogP) is 1.47. The van der Waals surface area contributed by atoms with E-state index in [0.717, 1.165) is 38.8 Å². The summed E-state index contributed by atoms with van der Waals surface area (Å²) in [6.07, 6.45) is -0.117. The molecule has 0 saturated carbocycles. The van der Waals surface area contributed by atoms with Crippen molar-refractivity contribution in [1.29, 1.82) is 0 Å². The van der Waals surface area contributed by atoms with Crippen molar-refractivity contribution in [3.8, 4) is 0 Å². The topological polar surface area (TPSA) is 70.7 Å². The van der Waals surface area contributed by atoms with Crippen LogP contribution in [-0.2, 0) is 4.79 Å². The monoisotopic (exact) mass is 408 g/mol. The van der Waals surface area contributed by atoms with Crippen molar-refractivity contribution in [2.75, 3.05) is 26.2 Å². The Morgan fingerprint density at radius 1 is 1.20 bits per heavy atom. The lowest BCUT2D eigenvalue weighted by atomic mass is 10.2. The van der Waals surface area contributed by atoms with Gasteiger partial charge < -0.3 is 16.0 Å². The summed E-state index contributed by atoms with van der Waals surface area (Å²) in [4.78, 5) is 16.8. The van der Waals surface area contributed by atoms with Gasteiger partial charge in [-0.3, -0.25) is 4.79 Å². The maximum Gasteiger partial charge on any atom is 0.405 e. The highest BCUT2D eigenvalue weighted by atomic mass is 127. The molecule has 1 rings (SSSR count). The Morgan fingerprint density at radius 3 is 2.25 bits per heavy atom. The third kappa shape index (κ3) is 8.43. The molecule has 0 aromatic rings. The number of rotatable bonds is 3. The second-order valence-electron chi connectivity index (χ2n) is 4.47. The Labute approximate surface area is 133 Å². The summed E-state index contributed by atoms with van der Waals surface area (Å²) in [6, 6.07) is 0. The first-order valence-electron chi connectivity index (χ1n) is 6.27. The molecule has 0 aromatic carbocycles. The van der Waals surface area contributed by atoms with E-state index in [2.05, 4.69) is 4.99 Å². The molecule has 1 amide bonds. The molecule has 0 spiro atoms. The maximum absolute atomic E-state index is 11.9. The first-order valence-corrected chi connectivity index (χ1v) is 6.27. The van der Waals surface area contributed by atoms with Gasteiger partial charge in [0.1, 0.15) is 13.1 Å². The van der Waals surface area contributed by atoms with Crippen molar-refractivity contribution in [2.45, 2.75) is 31.9 Å². The number of guanidine groups is 1. The Kier molecular flexibility index (Phi) is 8.90. The number of hydrogen-bond acceptors (Lipinski definition) is 2. The predicted molar refractivity (Wildman–Crippen MR) is 81.0 cm³/mol. The smallest absolute Gasteiger partial charge is 0.370 e. The fraction of sp³-hybridized carbons (Fsp3) is 0.818. The Balaban J connectivity index is 0.00000361. The lowest BCUT2D eigenvalue weighted by molar-refractivity contribution is -0.137. The van der Waals surface area contributed by atoms with Gasteiger partial charge in [0.25, 0.3) is 0 Å². The summed E-state index contributed by atoms with van der Waals surface area (Å²) in [7, 11) is 0. The number of nitrogens with two attached hydrogens (primary N) is 1. The zero-order valence-electron chi connectivity index (χ0n) is 11.1. The number of carbonyl (C=O) groups excluding carboxylic acids is 1. The quantitative estimate of drug-likeness (QED) is 0.422. The fourth-order valence-electron chi connectivity index (χ4n) is 1.81. The Bertz CT molecular complexity index is 328. The second-order valence-corrected chi connectivity index (χ2v) is 4.47. The van der Waals surface area contributed by atoms with E-state index in [-0.39, 0.29) is 36.5 Å². The van der Waals surface area contributed by atoms with Gasteiger partial charge in [0.2, 0.25) is 5.91 Å².